The standard InChI is InChI=1S/C20H26BrN3O3/c21-16-3-4-18(23-9-11-27-12-10-23)17(13-16)22-19(25)14-5-7-24(8-6-14)20(26)15-1-2-15/h3-4,13-15H,1-2,5-12H2,(H,22,25). The molecule has 0 spiro atoms. The first-order valence-corrected chi connectivity index (χ1v) is 10.6. The van der Waals surface area contributed by atoms with Gasteiger partial charge < -0.3 is 19.9 Å². The van der Waals surface area contributed by atoms with Gasteiger partial charge in [0.1, 0.15) is 0 Å². The fourth-order valence-corrected chi connectivity index (χ4v) is 4.23. The first-order chi connectivity index (χ1) is 13.1. The zero-order chi connectivity index (χ0) is 18.8. The van der Waals surface area contributed by atoms with Crippen LogP contribution in [0, 0.1) is 11.8 Å². The number of piperidine rings is 1. The molecule has 0 atom stereocenters. The van der Waals surface area contributed by atoms with E-state index in [9.17, 15) is 9.59 Å². The lowest BCUT2D eigenvalue weighted by Crippen LogP contribution is -2.42. The molecule has 2 amide bonds. The number of ether oxygens (including phenoxy) is 1. The van der Waals surface area contributed by atoms with Crippen LogP contribution < -0.4 is 10.2 Å². The molecule has 2 heterocycles. The Balaban J connectivity index is 1.39. The van der Waals surface area contributed by atoms with Crippen LogP contribution >= 0.6 is 15.9 Å². The lowest BCUT2D eigenvalue weighted by molar-refractivity contribution is -0.135. The van der Waals surface area contributed by atoms with Crippen molar-refractivity contribution in [3.63, 3.8) is 0 Å². The fraction of sp³-hybridized carbons (Fsp3) is 0.600. The minimum Gasteiger partial charge on any atom is -0.378 e. The monoisotopic (exact) mass is 435 g/mol. The van der Waals surface area contributed by atoms with E-state index < -0.39 is 0 Å². The largest absolute Gasteiger partial charge is 0.378 e. The number of nitrogens with zero attached hydrogens (tertiary/aromatic N) is 2. The molecule has 6 nitrogen and oxygen atoms in total. The van der Waals surface area contributed by atoms with Gasteiger partial charge in [-0.05, 0) is 43.9 Å². The normalized spacial score (nSPS) is 21.2. The maximum Gasteiger partial charge on any atom is 0.227 e. The topological polar surface area (TPSA) is 61.9 Å². The van der Waals surface area contributed by atoms with Crippen molar-refractivity contribution in [2.45, 2.75) is 25.7 Å². The van der Waals surface area contributed by atoms with E-state index >= 15 is 0 Å². The number of carbonyl (C=O) groups excluding carboxylic acids is 2. The first-order valence-electron chi connectivity index (χ1n) is 9.84. The molecule has 1 aliphatic carbocycles. The lowest BCUT2D eigenvalue weighted by Gasteiger charge is -2.33. The summed E-state index contributed by atoms with van der Waals surface area (Å²) in [5.41, 5.74) is 1.88. The minimum atomic E-state index is -0.0372. The highest BCUT2D eigenvalue weighted by Crippen LogP contribution is 2.34. The summed E-state index contributed by atoms with van der Waals surface area (Å²) in [5.74, 6) is 0.564. The molecule has 1 aromatic carbocycles. The summed E-state index contributed by atoms with van der Waals surface area (Å²) in [4.78, 5) is 29.2. The van der Waals surface area contributed by atoms with Gasteiger partial charge in [0.05, 0.1) is 24.6 Å². The van der Waals surface area contributed by atoms with Crippen LogP contribution in [0.5, 0.6) is 0 Å². The highest BCUT2D eigenvalue weighted by Gasteiger charge is 2.36. The molecule has 2 aliphatic heterocycles. The van der Waals surface area contributed by atoms with E-state index in [1.165, 1.54) is 0 Å². The number of morpholine rings is 1. The number of hydrogen-bond acceptors (Lipinski definition) is 4. The Labute approximate surface area is 168 Å². The predicted molar refractivity (Wildman–Crippen MR) is 108 cm³/mol. The molecule has 27 heavy (non-hydrogen) atoms. The van der Waals surface area contributed by atoms with E-state index in [1.54, 1.807) is 0 Å². The summed E-state index contributed by atoms with van der Waals surface area (Å²) in [6.07, 6.45) is 3.55. The summed E-state index contributed by atoms with van der Waals surface area (Å²) in [6, 6.07) is 6.01. The molecule has 0 aromatic heterocycles. The van der Waals surface area contributed by atoms with Gasteiger partial charge in [-0.3, -0.25) is 9.59 Å². The molecule has 1 saturated carbocycles. The SMILES string of the molecule is O=C(Nc1cc(Br)ccc1N1CCOCC1)C1CCN(C(=O)C2CC2)CC1. The lowest BCUT2D eigenvalue weighted by atomic mass is 9.95. The maximum absolute atomic E-state index is 12.9. The summed E-state index contributed by atoms with van der Waals surface area (Å²) in [5, 5.41) is 3.14. The second-order valence-electron chi connectivity index (χ2n) is 7.62. The van der Waals surface area contributed by atoms with Crippen LogP contribution in [0.2, 0.25) is 0 Å². The average Bonchev–Trinajstić information content (AvgIpc) is 3.54. The number of nitrogens with one attached hydrogen (secondary N) is 1. The molecule has 0 bridgehead atoms. The van der Waals surface area contributed by atoms with Crippen molar-refractivity contribution in [3.05, 3.63) is 22.7 Å². The van der Waals surface area contributed by atoms with Crippen molar-refractivity contribution in [2.24, 2.45) is 11.8 Å². The highest BCUT2D eigenvalue weighted by atomic mass is 79.9. The molecular weight excluding hydrogens is 410 g/mol. The fourth-order valence-electron chi connectivity index (χ4n) is 3.87. The van der Waals surface area contributed by atoms with Crippen molar-refractivity contribution < 1.29 is 14.3 Å². The number of benzene rings is 1. The molecule has 2 saturated heterocycles. The molecule has 3 fully saturated rings. The molecule has 7 heteroatoms. The summed E-state index contributed by atoms with van der Waals surface area (Å²) in [6.45, 7) is 4.46. The van der Waals surface area contributed by atoms with Gasteiger partial charge in [-0.25, -0.2) is 0 Å². The van der Waals surface area contributed by atoms with E-state index in [1.807, 2.05) is 23.1 Å². The zero-order valence-electron chi connectivity index (χ0n) is 15.5. The van der Waals surface area contributed by atoms with Crippen LogP contribution in [-0.2, 0) is 14.3 Å². The van der Waals surface area contributed by atoms with Gasteiger partial charge >= 0.3 is 0 Å². The van der Waals surface area contributed by atoms with E-state index in [-0.39, 0.29) is 23.7 Å². The first kappa shape index (κ1) is 18.7. The van der Waals surface area contributed by atoms with Crippen LogP contribution in [0.4, 0.5) is 11.4 Å². The Morgan fingerprint density at radius 1 is 1.00 bits per heavy atom. The predicted octanol–water partition coefficient (Wildman–Crippen LogP) is 2.87. The van der Waals surface area contributed by atoms with Gasteiger partial charge in [0.15, 0.2) is 0 Å². The number of hydrogen-bond donors (Lipinski definition) is 1. The zero-order valence-corrected chi connectivity index (χ0v) is 17.0. The second-order valence-corrected chi connectivity index (χ2v) is 8.54. The van der Waals surface area contributed by atoms with Gasteiger partial charge in [0.25, 0.3) is 0 Å². The highest BCUT2D eigenvalue weighted by molar-refractivity contribution is 9.10. The van der Waals surface area contributed by atoms with Crippen molar-refractivity contribution in [1.82, 2.24) is 4.90 Å². The Bertz CT molecular complexity index is 708. The maximum atomic E-state index is 12.9. The Morgan fingerprint density at radius 2 is 1.70 bits per heavy atom. The van der Waals surface area contributed by atoms with Crippen molar-refractivity contribution in [2.75, 3.05) is 49.6 Å². The van der Waals surface area contributed by atoms with Crippen LogP contribution in [0.1, 0.15) is 25.7 Å². The van der Waals surface area contributed by atoms with E-state index in [2.05, 4.69) is 26.1 Å². The quantitative estimate of drug-likeness (QED) is 0.789. The van der Waals surface area contributed by atoms with Crippen molar-refractivity contribution in [3.8, 4) is 0 Å². The van der Waals surface area contributed by atoms with Gasteiger partial charge in [-0.2, -0.15) is 0 Å². The van der Waals surface area contributed by atoms with Crippen LogP contribution in [0.3, 0.4) is 0 Å². The minimum absolute atomic E-state index is 0.0372. The molecule has 146 valence electrons. The van der Waals surface area contributed by atoms with Crippen LogP contribution in [-0.4, -0.2) is 56.1 Å². The Hall–Kier alpha value is -1.60. The van der Waals surface area contributed by atoms with E-state index in [0.717, 1.165) is 54.6 Å². The van der Waals surface area contributed by atoms with Gasteiger partial charge in [0, 0.05) is 42.5 Å². The number of anilines is 2. The number of rotatable bonds is 4. The second kappa shape index (κ2) is 8.19. The van der Waals surface area contributed by atoms with E-state index in [4.69, 9.17) is 4.74 Å². The van der Waals surface area contributed by atoms with Gasteiger partial charge in [-0.1, -0.05) is 15.9 Å². The molecule has 0 unspecified atom stereocenters. The Kier molecular flexibility index (Phi) is 5.68. The van der Waals surface area contributed by atoms with Crippen LogP contribution in [0.25, 0.3) is 0 Å². The molecule has 0 radical (unpaired) electrons. The third kappa shape index (κ3) is 4.46. The number of amides is 2. The smallest absolute Gasteiger partial charge is 0.227 e. The van der Waals surface area contributed by atoms with Gasteiger partial charge in [0.2, 0.25) is 11.8 Å². The van der Waals surface area contributed by atoms with Gasteiger partial charge in [-0.15, -0.1) is 0 Å². The number of halogens is 1. The summed E-state index contributed by atoms with van der Waals surface area (Å²) >= 11 is 3.51. The molecule has 1 aromatic rings. The van der Waals surface area contributed by atoms with Crippen LogP contribution in [0.15, 0.2) is 22.7 Å². The molecular formula is C20H26BrN3O3. The molecule has 4 rings (SSSR count). The Morgan fingerprint density at radius 3 is 2.37 bits per heavy atom. The van der Waals surface area contributed by atoms with E-state index in [0.29, 0.717) is 26.3 Å². The summed E-state index contributed by atoms with van der Waals surface area (Å²) in [7, 11) is 0. The average molecular weight is 436 g/mol. The summed E-state index contributed by atoms with van der Waals surface area (Å²) < 4.78 is 6.39. The third-order valence-corrected chi connectivity index (χ3v) is 6.17. The molecule has 3 aliphatic rings. The van der Waals surface area contributed by atoms with Crippen molar-refractivity contribution >= 4 is 39.1 Å². The van der Waals surface area contributed by atoms with Crippen molar-refractivity contribution in [1.29, 1.82) is 0 Å². The number of carbonyl (C=O) groups is 2. The number of likely N-dealkylation sites (tertiary alicyclic amines) is 1. The molecule has 1 N–H and O–H groups in total. The third-order valence-electron chi connectivity index (χ3n) is 5.67.